The minimum atomic E-state index is -4.48. The number of alkyl halides is 3. The molecule has 11 heteroatoms. The number of benzene rings is 1. The summed E-state index contributed by atoms with van der Waals surface area (Å²) in [7, 11) is 0. The maximum Gasteiger partial charge on any atom is 0.417 e. The van der Waals surface area contributed by atoms with Crippen molar-refractivity contribution in [3.8, 4) is 11.6 Å². The van der Waals surface area contributed by atoms with Crippen molar-refractivity contribution in [3.05, 3.63) is 65.9 Å². The van der Waals surface area contributed by atoms with Crippen molar-refractivity contribution in [2.75, 3.05) is 0 Å². The SMILES string of the molecule is CC1C2CC23CC(Oc2ccc(C(F)(F)F)cn2)C3N1C(=O)c1cccc(F)c1-n1nccn1. The fraction of sp³-hybridized carbons (Fsp3) is 0.391. The molecule has 1 amide bonds. The number of carbonyl (C=O) groups excluding carboxylic acids is 1. The van der Waals surface area contributed by atoms with Crippen molar-refractivity contribution in [1.29, 1.82) is 0 Å². The first-order chi connectivity index (χ1) is 16.2. The lowest BCUT2D eigenvalue weighted by Gasteiger charge is -2.47. The van der Waals surface area contributed by atoms with Crippen molar-refractivity contribution < 1.29 is 27.1 Å². The molecule has 5 atom stereocenters. The van der Waals surface area contributed by atoms with Gasteiger partial charge in [-0.15, -0.1) is 4.80 Å². The van der Waals surface area contributed by atoms with Crippen LogP contribution in [0.1, 0.15) is 35.7 Å². The van der Waals surface area contributed by atoms with E-state index in [4.69, 9.17) is 4.74 Å². The lowest BCUT2D eigenvalue weighted by atomic mass is 9.73. The zero-order valence-electron chi connectivity index (χ0n) is 17.9. The largest absolute Gasteiger partial charge is 0.472 e. The van der Waals surface area contributed by atoms with Crippen LogP contribution in [-0.4, -0.2) is 49.0 Å². The summed E-state index contributed by atoms with van der Waals surface area (Å²) >= 11 is 0. The Morgan fingerprint density at radius 2 is 1.91 bits per heavy atom. The van der Waals surface area contributed by atoms with E-state index >= 15 is 0 Å². The Hall–Kier alpha value is -3.50. The summed E-state index contributed by atoms with van der Waals surface area (Å²) in [6.45, 7) is 1.97. The number of carbonyl (C=O) groups is 1. The first-order valence-corrected chi connectivity index (χ1v) is 10.9. The average Bonchev–Trinajstić information content (AvgIpc) is 3.24. The number of likely N-dealkylation sites (tertiary alicyclic amines) is 1. The van der Waals surface area contributed by atoms with Gasteiger partial charge in [0.05, 0.1) is 29.6 Å². The van der Waals surface area contributed by atoms with Crippen molar-refractivity contribution in [3.63, 3.8) is 0 Å². The van der Waals surface area contributed by atoms with E-state index in [-0.39, 0.29) is 40.5 Å². The van der Waals surface area contributed by atoms with Gasteiger partial charge in [-0.05, 0) is 43.9 Å². The highest BCUT2D eigenvalue weighted by molar-refractivity contribution is 5.98. The summed E-state index contributed by atoms with van der Waals surface area (Å²) in [5, 5.41) is 7.97. The first-order valence-electron chi connectivity index (χ1n) is 10.9. The first kappa shape index (κ1) is 21.1. The molecule has 5 unspecified atom stereocenters. The molecule has 2 aliphatic carbocycles. The molecule has 1 aromatic carbocycles. The van der Waals surface area contributed by atoms with E-state index in [1.54, 1.807) is 11.0 Å². The summed E-state index contributed by atoms with van der Waals surface area (Å²) in [4.78, 5) is 20.3. The van der Waals surface area contributed by atoms with Gasteiger partial charge in [-0.25, -0.2) is 9.37 Å². The molecule has 3 aliphatic rings. The summed E-state index contributed by atoms with van der Waals surface area (Å²) in [6.07, 6.45) is 0.286. The van der Waals surface area contributed by atoms with Crippen LogP contribution in [0.15, 0.2) is 48.9 Å². The molecule has 1 aliphatic heterocycles. The Kier molecular flexibility index (Phi) is 4.34. The molecule has 3 fully saturated rings. The van der Waals surface area contributed by atoms with Gasteiger partial charge in [0.25, 0.3) is 5.91 Å². The zero-order chi connectivity index (χ0) is 23.8. The van der Waals surface area contributed by atoms with Gasteiger partial charge in [0.1, 0.15) is 11.8 Å². The Morgan fingerprint density at radius 1 is 1.15 bits per heavy atom. The summed E-state index contributed by atoms with van der Waals surface area (Å²) < 4.78 is 59.2. The van der Waals surface area contributed by atoms with Crippen LogP contribution in [0.4, 0.5) is 17.6 Å². The molecule has 34 heavy (non-hydrogen) atoms. The molecule has 3 aromatic rings. The van der Waals surface area contributed by atoms with E-state index in [2.05, 4.69) is 15.2 Å². The van der Waals surface area contributed by atoms with Crippen LogP contribution in [0.25, 0.3) is 5.69 Å². The highest BCUT2D eigenvalue weighted by Crippen LogP contribution is 2.73. The van der Waals surface area contributed by atoms with Crippen molar-refractivity contribution in [2.24, 2.45) is 11.3 Å². The molecule has 0 radical (unpaired) electrons. The predicted octanol–water partition coefficient (Wildman–Crippen LogP) is 3.89. The maximum atomic E-state index is 14.7. The van der Waals surface area contributed by atoms with Gasteiger partial charge in [-0.2, -0.15) is 23.4 Å². The van der Waals surface area contributed by atoms with Crippen molar-refractivity contribution in [1.82, 2.24) is 24.9 Å². The number of nitrogens with zero attached hydrogens (tertiary/aromatic N) is 5. The molecule has 1 saturated heterocycles. The number of rotatable bonds is 4. The Bertz CT molecular complexity index is 1260. The summed E-state index contributed by atoms with van der Waals surface area (Å²) in [5.74, 6) is -0.598. The van der Waals surface area contributed by atoms with Crippen molar-refractivity contribution in [2.45, 2.75) is 44.1 Å². The smallest absolute Gasteiger partial charge is 0.417 e. The lowest BCUT2D eigenvalue weighted by molar-refractivity contribution is -0.137. The van der Waals surface area contributed by atoms with E-state index in [0.717, 1.165) is 23.5 Å². The van der Waals surface area contributed by atoms with E-state index in [1.165, 1.54) is 30.6 Å². The van der Waals surface area contributed by atoms with Gasteiger partial charge in [0.2, 0.25) is 5.88 Å². The van der Waals surface area contributed by atoms with Crippen LogP contribution < -0.4 is 4.74 Å². The molecule has 0 N–H and O–H groups in total. The minimum absolute atomic E-state index is 0.0273. The minimum Gasteiger partial charge on any atom is -0.472 e. The van der Waals surface area contributed by atoms with E-state index in [9.17, 15) is 22.4 Å². The second kappa shape index (κ2) is 7.00. The third-order valence-corrected chi connectivity index (χ3v) is 7.43. The molecule has 2 aromatic heterocycles. The van der Waals surface area contributed by atoms with Gasteiger partial charge >= 0.3 is 6.18 Å². The van der Waals surface area contributed by atoms with Crippen LogP contribution in [-0.2, 0) is 6.18 Å². The predicted molar refractivity (Wildman–Crippen MR) is 110 cm³/mol. The number of pyridine rings is 1. The zero-order valence-corrected chi connectivity index (χ0v) is 17.9. The van der Waals surface area contributed by atoms with Gasteiger partial charge in [0, 0.05) is 23.7 Å². The molecule has 176 valence electrons. The number of ether oxygens (including phenoxy) is 1. The maximum absolute atomic E-state index is 14.7. The topological polar surface area (TPSA) is 73.1 Å². The van der Waals surface area contributed by atoms with Gasteiger partial charge in [-0.1, -0.05) is 6.07 Å². The highest BCUT2D eigenvalue weighted by atomic mass is 19.4. The average molecular weight is 473 g/mol. The number of hydrogen-bond acceptors (Lipinski definition) is 5. The number of aromatic nitrogens is 4. The normalized spacial score (nSPS) is 29.3. The monoisotopic (exact) mass is 473 g/mol. The van der Waals surface area contributed by atoms with E-state index in [1.807, 2.05) is 6.92 Å². The number of amides is 1. The Balaban J connectivity index is 1.29. The molecular weight excluding hydrogens is 454 g/mol. The number of piperidine rings is 1. The molecule has 7 nitrogen and oxygen atoms in total. The number of hydrogen-bond donors (Lipinski definition) is 0. The summed E-state index contributed by atoms with van der Waals surface area (Å²) in [6, 6.07) is 6.00. The standard InChI is InChI=1S/C23H19F4N5O2/c1-12-15-9-22(15)10-17(34-18-6-5-13(11-28-18)23(25,26)27)20(22)31(12)21(33)14-3-2-4-16(24)19(14)32-29-7-8-30-32/h2-8,11-12,15,17,20H,9-10H2,1H3. The third-order valence-electron chi connectivity index (χ3n) is 7.43. The molecule has 0 bridgehead atoms. The lowest BCUT2D eigenvalue weighted by Crippen LogP contribution is -2.60. The molecule has 3 heterocycles. The van der Waals surface area contributed by atoms with Crippen LogP contribution >= 0.6 is 0 Å². The highest BCUT2D eigenvalue weighted by Gasteiger charge is 2.78. The van der Waals surface area contributed by atoms with Crippen LogP contribution in [0.5, 0.6) is 5.88 Å². The second-order valence-corrected chi connectivity index (χ2v) is 9.14. The third kappa shape index (κ3) is 2.95. The van der Waals surface area contributed by atoms with E-state index in [0.29, 0.717) is 12.3 Å². The van der Waals surface area contributed by atoms with Gasteiger partial charge < -0.3 is 9.64 Å². The quantitative estimate of drug-likeness (QED) is 0.538. The molecule has 6 rings (SSSR count). The Labute approximate surface area is 191 Å². The second-order valence-electron chi connectivity index (χ2n) is 9.14. The fourth-order valence-corrected chi connectivity index (χ4v) is 5.85. The molecule has 2 saturated carbocycles. The van der Waals surface area contributed by atoms with Crippen LogP contribution in [0, 0.1) is 17.2 Å². The molecular formula is C23H19F4N5O2. The van der Waals surface area contributed by atoms with Crippen LogP contribution in [0.3, 0.4) is 0 Å². The fourth-order valence-electron chi connectivity index (χ4n) is 5.85. The van der Waals surface area contributed by atoms with E-state index < -0.39 is 23.7 Å². The molecule has 1 spiro atoms. The van der Waals surface area contributed by atoms with Crippen LogP contribution in [0.2, 0.25) is 0 Å². The van der Waals surface area contributed by atoms with Gasteiger partial charge in [0.15, 0.2) is 5.82 Å². The number of para-hydroxylation sites is 1. The van der Waals surface area contributed by atoms with Gasteiger partial charge in [-0.3, -0.25) is 4.79 Å². The van der Waals surface area contributed by atoms with Crippen molar-refractivity contribution >= 4 is 5.91 Å². The number of halogens is 4. The Morgan fingerprint density at radius 3 is 2.59 bits per heavy atom. The summed E-state index contributed by atoms with van der Waals surface area (Å²) in [5.41, 5.74) is -0.814.